The minimum atomic E-state index is -5.08. The van der Waals surface area contributed by atoms with E-state index >= 15 is 0 Å². The molecule has 0 bridgehead atoms. The molecule has 0 N–H and O–H groups in total. The largest absolute Gasteiger partial charge is 0.416 e. The molecule has 0 aliphatic rings. The fourth-order valence-corrected chi connectivity index (χ4v) is 6.20. The van der Waals surface area contributed by atoms with E-state index in [-0.39, 0.29) is 22.7 Å². The lowest BCUT2D eigenvalue weighted by molar-refractivity contribution is -0.143. The monoisotopic (exact) mass is 717 g/mol. The number of likely N-dealkylation sites (N-methyl/N-ethyl adjacent to an activating group) is 1. The number of hydrogen-bond acceptors (Lipinski definition) is 5. The fourth-order valence-electron chi connectivity index (χ4n) is 4.88. The number of benzene rings is 2. The number of halogens is 7. The number of aromatic nitrogens is 1. The molecule has 1 amide bonds. The highest BCUT2D eigenvalue weighted by Gasteiger charge is 2.41. The van der Waals surface area contributed by atoms with E-state index in [9.17, 15) is 35.5 Å². The van der Waals surface area contributed by atoms with Crippen LogP contribution in [0.3, 0.4) is 0 Å². The molecule has 5 nitrogen and oxygen atoms in total. The average molecular weight is 718 g/mol. The molecule has 2 aromatic carbocycles. The second-order valence-corrected chi connectivity index (χ2v) is 18.9. The van der Waals surface area contributed by atoms with Crippen molar-refractivity contribution in [3.8, 4) is 11.1 Å². The van der Waals surface area contributed by atoms with Crippen molar-refractivity contribution in [3.63, 3.8) is 0 Å². The minimum Gasteiger partial charge on any atom is -0.415 e. The molecule has 0 spiro atoms. The molecule has 3 rings (SSSR count). The van der Waals surface area contributed by atoms with Gasteiger partial charge in [0, 0.05) is 19.2 Å². The highest BCUT2D eigenvalue weighted by molar-refractivity contribution is 7.80. The van der Waals surface area contributed by atoms with Gasteiger partial charge in [-0.2, -0.15) is 39.0 Å². The molecule has 0 saturated heterocycles. The van der Waals surface area contributed by atoms with Crippen LogP contribution in [0.1, 0.15) is 56.9 Å². The molecule has 0 radical (unpaired) electrons. The highest BCUT2D eigenvalue weighted by atomic mass is 32.1. The van der Waals surface area contributed by atoms with Crippen LogP contribution in [0.4, 0.5) is 42.2 Å². The number of carbonyl (C=O) groups excluding carboxylic acids is 1. The minimum absolute atomic E-state index is 0.000748. The lowest BCUT2D eigenvalue weighted by atomic mass is 9.81. The van der Waals surface area contributed by atoms with Crippen molar-refractivity contribution in [3.05, 3.63) is 76.7 Å². The molecule has 48 heavy (non-hydrogen) atoms. The number of nitrogens with zero attached hydrogens (tertiary/aromatic N) is 3. The van der Waals surface area contributed by atoms with Crippen LogP contribution < -0.4 is 9.80 Å². The van der Waals surface area contributed by atoms with Crippen LogP contribution in [0.5, 0.6) is 0 Å². The molecule has 3 aromatic rings. The second-order valence-electron chi connectivity index (χ2n) is 13.8. The van der Waals surface area contributed by atoms with E-state index in [4.69, 9.17) is 4.43 Å². The van der Waals surface area contributed by atoms with Gasteiger partial charge in [-0.1, -0.05) is 26.8 Å². The Labute approximate surface area is 284 Å². The quantitative estimate of drug-likeness (QED) is 0.0982. The number of rotatable bonds is 10. The molecular weight excluding hydrogens is 676 g/mol. The van der Waals surface area contributed by atoms with Crippen LogP contribution in [-0.4, -0.2) is 45.3 Å². The lowest BCUT2D eigenvalue weighted by Crippen LogP contribution is -2.43. The zero-order chi connectivity index (χ0) is 36.6. The molecule has 1 heterocycles. The summed E-state index contributed by atoms with van der Waals surface area (Å²) in [6.07, 6.45) is -8.76. The summed E-state index contributed by atoms with van der Waals surface area (Å²) >= 11 is 4.49. The van der Waals surface area contributed by atoms with E-state index in [0.29, 0.717) is 47.8 Å². The van der Waals surface area contributed by atoms with Crippen molar-refractivity contribution < 1.29 is 40.0 Å². The third-order valence-electron chi connectivity index (χ3n) is 8.98. The molecule has 0 unspecified atom stereocenters. The summed E-state index contributed by atoms with van der Waals surface area (Å²) in [7, 11) is -0.683. The SMILES string of the molecule is Cc1cc(F)ccc1-c1cc(N(CS)CCO[Si](C)(C)C(C)(C)C)ncc1N(C)C(=O)C(C)(C)c1cc(C(F)(F)F)cc(C(F)(F)F)c1. The van der Waals surface area contributed by atoms with Crippen molar-refractivity contribution in [2.24, 2.45) is 0 Å². The molecule has 1 aromatic heterocycles. The van der Waals surface area contributed by atoms with E-state index in [1.165, 1.54) is 45.3 Å². The third-order valence-corrected chi connectivity index (χ3v) is 13.9. The van der Waals surface area contributed by atoms with Crippen molar-refractivity contribution in [1.29, 1.82) is 0 Å². The first-order valence-electron chi connectivity index (χ1n) is 15.2. The van der Waals surface area contributed by atoms with Gasteiger partial charge in [0.25, 0.3) is 0 Å². The van der Waals surface area contributed by atoms with E-state index in [1.54, 1.807) is 13.0 Å². The third kappa shape index (κ3) is 8.73. The van der Waals surface area contributed by atoms with Gasteiger partial charge in [0.05, 0.1) is 40.9 Å². The summed E-state index contributed by atoms with van der Waals surface area (Å²) in [5, 5.41) is -0.000748. The number of thiol groups is 1. The van der Waals surface area contributed by atoms with Gasteiger partial charge in [0.1, 0.15) is 11.6 Å². The van der Waals surface area contributed by atoms with E-state index in [2.05, 4.69) is 51.5 Å². The van der Waals surface area contributed by atoms with Gasteiger partial charge in [-0.3, -0.25) is 4.79 Å². The van der Waals surface area contributed by atoms with Crippen molar-refractivity contribution in [2.45, 2.75) is 77.4 Å². The number of alkyl halides is 6. The van der Waals surface area contributed by atoms with Crippen LogP contribution in [-0.2, 0) is 27.0 Å². The summed E-state index contributed by atoms with van der Waals surface area (Å²) in [6.45, 7) is 15.7. The normalized spacial score (nSPS) is 13.1. The Balaban J connectivity index is 2.11. The van der Waals surface area contributed by atoms with Crippen LogP contribution in [0, 0.1) is 12.7 Å². The maximum atomic E-state index is 14.1. The summed E-state index contributed by atoms with van der Waals surface area (Å²) < 4.78 is 102. The molecule has 0 atom stereocenters. The Kier molecular flexibility index (Phi) is 11.5. The van der Waals surface area contributed by atoms with Crippen LogP contribution >= 0.6 is 12.6 Å². The average Bonchev–Trinajstić information content (AvgIpc) is 2.96. The highest BCUT2D eigenvalue weighted by Crippen LogP contribution is 2.42. The number of amides is 1. The Hall–Kier alpha value is -3.10. The Morgan fingerprint density at radius 1 is 0.875 bits per heavy atom. The topological polar surface area (TPSA) is 45.7 Å². The zero-order valence-electron chi connectivity index (χ0n) is 28.5. The van der Waals surface area contributed by atoms with E-state index < -0.39 is 54.5 Å². The van der Waals surface area contributed by atoms with Gasteiger partial charge in [-0.05, 0) is 92.0 Å². The molecule has 0 aliphatic carbocycles. The molecule has 0 aliphatic heterocycles. The van der Waals surface area contributed by atoms with Gasteiger partial charge < -0.3 is 14.2 Å². The molecule has 14 heteroatoms. The standard InChI is InChI=1S/C34H42F7N3O2SSi/c1-21-14-25(35)10-11-26(21)27-18-29(44(20-47)12-13-46-48(8,9)31(2,3)4)42-19-28(27)43(7)30(45)32(5,6)22-15-23(33(36,37)38)17-24(16-22)34(39,40)41/h10-11,14-19,47H,12-13,20H2,1-9H3. The van der Waals surface area contributed by atoms with Crippen LogP contribution in [0.25, 0.3) is 11.1 Å². The summed E-state index contributed by atoms with van der Waals surface area (Å²) in [6, 6.07) is 6.94. The molecule has 0 fully saturated rings. The Morgan fingerprint density at radius 2 is 1.42 bits per heavy atom. The number of carbonyl (C=O) groups is 1. The van der Waals surface area contributed by atoms with Gasteiger partial charge in [-0.25, -0.2) is 9.37 Å². The van der Waals surface area contributed by atoms with Crippen molar-refractivity contribution in [2.75, 3.05) is 35.9 Å². The molecule has 264 valence electrons. The number of aryl methyl sites for hydroxylation is 1. The predicted molar refractivity (Wildman–Crippen MR) is 182 cm³/mol. The van der Waals surface area contributed by atoms with Crippen LogP contribution in [0.15, 0.2) is 48.7 Å². The fraction of sp³-hybridized carbons (Fsp3) is 0.471. The maximum Gasteiger partial charge on any atom is 0.416 e. The van der Waals surface area contributed by atoms with Crippen molar-refractivity contribution in [1.82, 2.24) is 4.98 Å². The first-order chi connectivity index (χ1) is 21.8. The van der Waals surface area contributed by atoms with Gasteiger partial charge in [0.15, 0.2) is 8.32 Å². The summed E-state index contributed by atoms with van der Waals surface area (Å²) in [5.74, 6) is -0.547. The summed E-state index contributed by atoms with van der Waals surface area (Å²) in [5.41, 5.74) is -3.62. The van der Waals surface area contributed by atoms with Crippen molar-refractivity contribution >= 4 is 38.4 Å². The van der Waals surface area contributed by atoms with E-state index in [0.717, 1.165) is 4.90 Å². The molecule has 0 saturated carbocycles. The first kappa shape index (κ1) is 39.3. The van der Waals surface area contributed by atoms with Gasteiger partial charge in [0.2, 0.25) is 5.91 Å². The van der Waals surface area contributed by atoms with Gasteiger partial charge >= 0.3 is 12.4 Å². The lowest BCUT2D eigenvalue weighted by Gasteiger charge is -2.37. The second kappa shape index (κ2) is 14.0. The van der Waals surface area contributed by atoms with E-state index in [1.807, 2.05) is 4.90 Å². The smallest absolute Gasteiger partial charge is 0.415 e. The number of anilines is 2. The number of pyridine rings is 1. The predicted octanol–water partition coefficient (Wildman–Crippen LogP) is 9.89. The van der Waals surface area contributed by atoms with Gasteiger partial charge in [-0.15, -0.1) is 0 Å². The Bertz CT molecular complexity index is 1600. The Morgan fingerprint density at radius 3 is 1.90 bits per heavy atom. The van der Waals surface area contributed by atoms with Crippen LogP contribution in [0.2, 0.25) is 18.1 Å². The zero-order valence-corrected chi connectivity index (χ0v) is 30.4. The summed E-state index contributed by atoms with van der Waals surface area (Å²) in [4.78, 5) is 21.6. The first-order valence-corrected chi connectivity index (χ1v) is 18.7. The number of hydrogen-bond donors (Lipinski definition) is 1. The molecular formula is C34H42F7N3O2SSi. The maximum absolute atomic E-state index is 14.1.